The van der Waals surface area contributed by atoms with Gasteiger partial charge in [0.15, 0.2) is 0 Å². The van der Waals surface area contributed by atoms with E-state index >= 15 is 0 Å². The molecule has 0 spiro atoms. The van der Waals surface area contributed by atoms with E-state index in [2.05, 4.69) is 0 Å². The average Bonchev–Trinajstić information content (AvgIpc) is 2.40. The Labute approximate surface area is 66.0 Å². The molecule has 1 saturated carbocycles. The summed E-state index contributed by atoms with van der Waals surface area (Å²) in [5.74, 6) is -0.350. The van der Waals surface area contributed by atoms with Gasteiger partial charge in [0.05, 0.1) is 0 Å². The van der Waals surface area contributed by atoms with Gasteiger partial charge in [-0.15, -0.1) is 0 Å². The van der Waals surface area contributed by atoms with Crippen molar-refractivity contribution in [1.29, 1.82) is 0 Å². The third kappa shape index (κ3) is 2.12. The lowest BCUT2D eigenvalue weighted by Gasteiger charge is -2.20. The fourth-order valence-electron chi connectivity index (χ4n) is 1.89. The smallest absolute Gasteiger partial charge is 0.242 e. The second kappa shape index (κ2) is 4.00. The van der Waals surface area contributed by atoms with Gasteiger partial charge in [-0.25, -0.2) is 8.78 Å². The first-order valence-corrected chi connectivity index (χ1v) is 4.24. The molecular weight excluding hydrogens is 148 g/mol. The highest BCUT2D eigenvalue weighted by atomic mass is 19.3. The molecule has 0 aromatic heterocycles. The molecule has 0 aromatic rings. The zero-order chi connectivity index (χ0) is 8.27. The molecule has 0 bridgehead atoms. The van der Waals surface area contributed by atoms with Crippen molar-refractivity contribution in [3.63, 3.8) is 0 Å². The van der Waals surface area contributed by atoms with Crippen LogP contribution in [0.25, 0.3) is 0 Å². The lowest BCUT2D eigenvalue weighted by Crippen LogP contribution is -2.28. The molecule has 0 radical (unpaired) electrons. The molecule has 2 N–H and O–H groups in total. The topological polar surface area (TPSA) is 26.0 Å². The maximum atomic E-state index is 12.3. The molecular formula is C8H15F2N. The second-order valence-electron chi connectivity index (χ2n) is 3.28. The Hall–Kier alpha value is -0.180. The Kier molecular flexibility index (Phi) is 3.24. The van der Waals surface area contributed by atoms with E-state index in [1.165, 1.54) is 0 Å². The minimum Gasteiger partial charge on any atom is -0.330 e. The Morgan fingerprint density at radius 2 is 1.82 bits per heavy atom. The molecule has 1 rings (SSSR count). The van der Waals surface area contributed by atoms with E-state index in [1.54, 1.807) is 0 Å². The SMILES string of the molecule is NCC(C(F)F)C1CCCC1. The maximum Gasteiger partial charge on any atom is 0.242 e. The van der Waals surface area contributed by atoms with Crippen molar-refractivity contribution in [3.05, 3.63) is 0 Å². The van der Waals surface area contributed by atoms with Gasteiger partial charge >= 0.3 is 0 Å². The molecule has 1 nitrogen and oxygen atoms in total. The number of halogens is 2. The van der Waals surface area contributed by atoms with Gasteiger partial charge in [0.1, 0.15) is 0 Å². The van der Waals surface area contributed by atoms with Crippen molar-refractivity contribution >= 4 is 0 Å². The summed E-state index contributed by atoms with van der Waals surface area (Å²) in [6.07, 6.45) is 1.89. The second-order valence-corrected chi connectivity index (χ2v) is 3.28. The van der Waals surface area contributed by atoms with Gasteiger partial charge in [0, 0.05) is 12.5 Å². The highest BCUT2D eigenvalue weighted by molar-refractivity contribution is 4.77. The summed E-state index contributed by atoms with van der Waals surface area (Å²) in [5, 5.41) is 0. The van der Waals surface area contributed by atoms with Gasteiger partial charge in [-0.3, -0.25) is 0 Å². The van der Waals surface area contributed by atoms with Crippen LogP contribution in [0.3, 0.4) is 0 Å². The summed E-state index contributed by atoms with van der Waals surface area (Å²) in [4.78, 5) is 0. The number of rotatable bonds is 3. The van der Waals surface area contributed by atoms with Crippen LogP contribution in [-0.4, -0.2) is 13.0 Å². The predicted octanol–water partition coefficient (Wildman–Crippen LogP) is 2.02. The molecule has 1 atom stereocenters. The quantitative estimate of drug-likeness (QED) is 0.676. The summed E-state index contributed by atoms with van der Waals surface area (Å²) in [5.41, 5.74) is 5.27. The van der Waals surface area contributed by atoms with Crippen molar-refractivity contribution in [1.82, 2.24) is 0 Å². The normalized spacial score (nSPS) is 22.9. The van der Waals surface area contributed by atoms with Crippen LogP contribution in [0.2, 0.25) is 0 Å². The Morgan fingerprint density at radius 1 is 1.27 bits per heavy atom. The molecule has 1 aliphatic rings. The largest absolute Gasteiger partial charge is 0.330 e. The first-order chi connectivity index (χ1) is 5.25. The molecule has 0 amide bonds. The molecule has 66 valence electrons. The van der Waals surface area contributed by atoms with E-state index < -0.39 is 12.3 Å². The van der Waals surface area contributed by atoms with Gasteiger partial charge in [-0.05, 0) is 18.8 Å². The van der Waals surface area contributed by atoms with E-state index in [-0.39, 0.29) is 12.5 Å². The van der Waals surface area contributed by atoms with Gasteiger partial charge in [-0.1, -0.05) is 12.8 Å². The van der Waals surface area contributed by atoms with Gasteiger partial charge in [0.2, 0.25) is 6.43 Å². The van der Waals surface area contributed by atoms with Crippen molar-refractivity contribution < 1.29 is 8.78 Å². The van der Waals surface area contributed by atoms with E-state index in [0.29, 0.717) is 0 Å². The summed E-state index contributed by atoms with van der Waals surface area (Å²) >= 11 is 0. The van der Waals surface area contributed by atoms with Crippen LogP contribution >= 0.6 is 0 Å². The van der Waals surface area contributed by atoms with Crippen molar-refractivity contribution in [2.24, 2.45) is 17.6 Å². The van der Waals surface area contributed by atoms with E-state index in [9.17, 15) is 8.78 Å². The highest BCUT2D eigenvalue weighted by Crippen LogP contribution is 2.33. The molecule has 0 aliphatic heterocycles. The lowest BCUT2D eigenvalue weighted by atomic mass is 9.91. The molecule has 1 aliphatic carbocycles. The monoisotopic (exact) mass is 163 g/mol. The molecule has 3 heteroatoms. The van der Waals surface area contributed by atoms with Crippen LogP contribution in [-0.2, 0) is 0 Å². The molecule has 11 heavy (non-hydrogen) atoms. The highest BCUT2D eigenvalue weighted by Gasteiger charge is 2.30. The Balaban J connectivity index is 2.40. The van der Waals surface area contributed by atoms with Crippen LogP contribution in [0.5, 0.6) is 0 Å². The van der Waals surface area contributed by atoms with Crippen LogP contribution in [0.15, 0.2) is 0 Å². The lowest BCUT2D eigenvalue weighted by molar-refractivity contribution is 0.0495. The fourth-order valence-corrected chi connectivity index (χ4v) is 1.89. The molecule has 0 saturated heterocycles. The predicted molar refractivity (Wildman–Crippen MR) is 40.5 cm³/mol. The van der Waals surface area contributed by atoms with Crippen molar-refractivity contribution in [2.75, 3.05) is 6.54 Å². The minimum absolute atomic E-state index is 0.141. The summed E-state index contributed by atoms with van der Waals surface area (Å²) in [6.45, 7) is 0.141. The summed E-state index contributed by atoms with van der Waals surface area (Å²) < 4.78 is 24.5. The average molecular weight is 163 g/mol. The van der Waals surface area contributed by atoms with Crippen molar-refractivity contribution in [3.8, 4) is 0 Å². The first-order valence-electron chi connectivity index (χ1n) is 4.24. The summed E-state index contributed by atoms with van der Waals surface area (Å²) in [7, 11) is 0. The molecule has 1 unspecified atom stereocenters. The fraction of sp³-hybridized carbons (Fsp3) is 1.00. The molecule has 0 aromatic carbocycles. The zero-order valence-electron chi connectivity index (χ0n) is 6.60. The third-order valence-corrected chi connectivity index (χ3v) is 2.60. The van der Waals surface area contributed by atoms with Crippen LogP contribution < -0.4 is 5.73 Å². The van der Waals surface area contributed by atoms with Gasteiger partial charge in [0.25, 0.3) is 0 Å². The Morgan fingerprint density at radius 3 is 2.18 bits per heavy atom. The Bertz CT molecular complexity index is 111. The molecule has 1 fully saturated rings. The first kappa shape index (κ1) is 8.91. The third-order valence-electron chi connectivity index (χ3n) is 2.60. The van der Waals surface area contributed by atoms with E-state index in [0.717, 1.165) is 25.7 Å². The van der Waals surface area contributed by atoms with E-state index in [1.807, 2.05) is 0 Å². The molecule has 0 heterocycles. The van der Waals surface area contributed by atoms with Crippen LogP contribution in [0.4, 0.5) is 8.78 Å². The number of nitrogens with two attached hydrogens (primary N) is 1. The van der Waals surface area contributed by atoms with Gasteiger partial charge < -0.3 is 5.73 Å². The minimum atomic E-state index is -2.22. The van der Waals surface area contributed by atoms with Crippen LogP contribution in [0, 0.1) is 11.8 Å². The summed E-state index contributed by atoms with van der Waals surface area (Å²) in [6, 6.07) is 0. The number of hydrogen-bond acceptors (Lipinski definition) is 1. The number of alkyl halides is 2. The van der Waals surface area contributed by atoms with E-state index in [4.69, 9.17) is 5.73 Å². The zero-order valence-corrected chi connectivity index (χ0v) is 6.60. The standard InChI is InChI=1S/C8H15F2N/c9-8(10)7(5-11)6-3-1-2-4-6/h6-8H,1-5,11H2. The van der Waals surface area contributed by atoms with Crippen molar-refractivity contribution in [2.45, 2.75) is 32.1 Å². The van der Waals surface area contributed by atoms with Crippen LogP contribution in [0.1, 0.15) is 25.7 Å². The van der Waals surface area contributed by atoms with Gasteiger partial charge in [-0.2, -0.15) is 0 Å². The number of hydrogen-bond donors (Lipinski definition) is 1. The maximum absolute atomic E-state index is 12.3.